The molecule has 1 saturated heterocycles. The Morgan fingerprint density at radius 1 is 0.521 bits per heavy atom. The van der Waals surface area contributed by atoms with Crippen LogP contribution >= 0.6 is 0 Å². The third kappa shape index (κ3) is 39.4. The number of carbonyl (C=O) groups is 2. The first kappa shape index (κ1) is 69.4. The molecule has 11 nitrogen and oxygen atoms in total. The molecular weight excluding hydrogens is 919 g/mol. The summed E-state index contributed by atoms with van der Waals surface area (Å²) < 4.78 is 17.6. The van der Waals surface area contributed by atoms with Crippen molar-refractivity contribution >= 4 is 11.9 Å². The zero-order valence-corrected chi connectivity index (χ0v) is 47.8. The minimum Gasteiger partial charge on any atom is -0.454 e. The van der Waals surface area contributed by atoms with E-state index >= 15 is 0 Å². The van der Waals surface area contributed by atoms with Gasteiger partial charge in [-0.25, -0.2) is 0 Å². The second-order valence-electron chi connectivity index (χ2n) is 22.2. The van der Waals surface area contributed by atoms with Gasteiger partial charge in [0.05, 0.1) is 25.4 Å². The van der Waals surface area contributed by atoms with E-state index in [2.05, 4.69) is 26.1 Å². The molecule has 0 spiro atoms. The number of aliphatic hydroxyl groups is 5. The largest absolute Gasteiger partial charge is 0.454 e. The fourth-order valence-corrected chi connectivity index (χ4v) is 10.2. The number of hydrogen-bond acceptors (Lipinski definition) is 10. The lowest BCUT2D eigenvalue weighted by Crippen LogP contribution is -2.61. The van der Waals surface area contributed by atoms with Crippen molar-refractivity contribution in [1.82, 2.24) is 5.32 Å². The lowest BCUT2D eigenvalue weighted by atomic mass is 9.99. The molecule has 1 aliphatic heterocycles. The van der Waals surface area contributed by atoms with Gasteiger partial charge in [0.2, 0.25) is 5.91 Å². The molecule has 0 radical (unpaired) electrons. The average molecular weight is 1040 g/mol. The number of nitrogens with one attached hydrogen (secondary N) is 1. The summed E-state index contributed by atoms with van der Waals surface area (Å²) in [7, 11) is 0. The number of aliphatic hydroxyl groups excluding tert-OH is 5. The predicted octanol–water partition coefficient (Wildman–Crippen LogP) is 14.7. The molecule has 1 rings (SSSR count). The zero-order chi connectivity index (χ0) is 53.3. The summed E-state index contributed by atoms with van der Waals surface area (Å²) in [6.07, 6.45) is 47.0. The first-order valence-corrected chi connectivity index (χ1v) is 31.5. The fourth-order valence-electron chi connectivity index (χ4n) is 10.2. The molecule has 1 aliphatic rings. The SMILES string of the molecule is CCCCCCCCCCC/C=C/C(O)C(COC1OC(CO)C(O)C(O)C1OC(=O)CCCCCCCCCCCCC)NC(=O)C(O)CCCCCCCCCCCCCCCCCCCCCCCC. The standard InChI is InChI=1S/C62H119NO10/c1-4-7-10-13-16-19-22-23-24-25-26-27-28-29-30-31-32-35-37-40-43-46-49-55(66)61(70)63-53(54(65)48-45-42-39-36-33-20-17-14-11-8-5-2)52-71-62-60(59(69)58(68)56(51-64)72-62)73-57(67)50-47-44-41-38-34-21-18-15-12-9-6-3/h45,48,53-56,58-60,62,64-66,68-69H,4-44,46-47,49-52H2,1-3H3,(H,63,70)/b48-45+. The Morgan fingerprint density at radius 2 is 0.890 bits per heavy atom. The molecule has 0 aromatic heterocycles. The quantitative estimate of drug-likeness (QED) is 0.0195. The number of esters is 1. The Morgan fingerprint density at radius 3 is 1.29 bits per heavy atom. The maximum Gasteiger partial charge on any atom is 0.306 e. The van der Waals surface area contributed by atoms with Crippen LogP contribution in [-0.2, 0) is 23.8 Å². The van der Waals surface area contributed by atoms with Gasteiger partial charge in [0.15, 0.2) is 12.4 Å². The van der Waals surface area contributed by atoms with E-state index in [0.717, 1.165) is 57.8 Å². The monoisotopic (exact) mass is 1040 g/mol. The summed E-state index contributed by atoms with van der Waals surface area (Å²) in [6.45, 7) is 5.80. The van der Waals surface area contributed by atoms with Gasteiger partial charge in [-0.15, -0.1) is 0 Å². The summed E-state index contributed by atoms with van der Waals surface area (Å²) in [5.41, 5.74) is 0. The molecule has 73 heavy (non-hydrogen) atoms. The van der Waals surface area contributed by atoms with E-state index in [0.29, 0.717) is 19.3 Å². The molecule has 1 heterocycles. The van der Waals surface area contributed by atoms with Crippen LogP contribution in [0.4, 0.5) is 0 Å². The van der Waals surface area contributed by atoms with Gasteiger partial charge in [0.1, 0.15) is 24.4 Å². The molecule has 0 aromatic carbocycles. The number of amides is 1. The topological polar surface area (TPSA) is 175 Å². The van der Waals surface area contributed by atoms with Crippen molar-refractivity contribution in [2.75, 3.05) is 13.2 Å². The van der Waals surface area contributed by atoms with E-state index < -0.39 is 67.4 Å². The van der Waals surface area contributed by atoms with Crippen molar-refractivity contribution in [1.29, 1.82) is 0 Å². The number of ether oxygens (including phenoxy) is 3. The van der Waals surface area contributed by atoms with Crippen molar-refractivity contribution < 1.29 is 49.3 Å². The van der Waals surface area contributed by atoms with Gasteiger partial charge in [-0.1, -0.05) is 290 Å². The molecule has 11 heteroatoms. The van der Waals surface area contributed by atoms with Crippen molar-refractivity contribution in [2.45, 2.75) is 359 Å². The lowest BCUT2D eigenvalue weighted by Gasteiger charge is -2.41. The van der Waals surface area contributed by atoms with Crippen LogP contribution in [0.2, 0.25) is 0 Å². The molecule has 1 amide bonds. The smallest absolute Gasteiger partial charge is 0.306 e. The molecule has 6 N–H and O–H groups in total. The van der Waals surface area contributed by atoms with Crippen molar-refractivity contribution in [3.05, 3.63) is 12.2 Å². The van der Waals surface area contributed by atoms with Gasteiger partial charge in [-0.05, 0) is 25.7 Å². The van der Waals surface area contributed by atoms with Gasteiger partial charge in [-0.3, -0.25) is 9.59 Å². The van der Waals surface area contributed by atoms with Gasteiger partial charge < -0.3 is 45.1 Å². The Balaban J connectivity index is 2.59. The van der Waals surface area contributed by atoms with Crippen molar-refractivity contribution in [2.24, 2.45) is 0 Å². The molecular formula is C62H119NO10. The summed E-state index contributed by atoms with van der Waals surface area (Å²) >= 11 is 0. The van der Waals surface area contributed by atoms with Gasteiger partial charge in [0.25, 0.3) is 0 Å². The molecule has 0 aromatic rings. The van der Waals surface area contributed by atoms with Crippen LogP contribution in [0.1, 0.15) is 310 Å². The fraction of sp³-hybridized carbons (Fsp3) is 0.935. The Bertz CT molecular complexity index is 1240. The molecule has 432 valence electrons. The number of unbranched alkanes of at least 4 members (excludes halogenated alkanes) is 40. The van der Waals surface area contributed by atoms with Crippen LogP contribution in [0.3, 0.4) is 0 Å². The van der Waals surface area contributed by atoms with E-state index in [4.69, 9.17) is 14.2 Å². The molecule has 0 aliphatic carbocycles. The number of hydrogen-bond donors (Lipinski definition) is 6. The van der Waals surface area contributed by atoms with E-state index in [9.17, 15) is 35.1 Å². The van der Waals surface area contributed by atoms with E-state index in [1.165, 1.54) is 205 Å². The first-order chi connectivity index (χ1) is 35.7. The van der Waals surface area contributed by atoms with Crippen LogP contribution in [0, 0.1) is 0 Å². The van der Waals surface area contributed by atoms with Crippen LogP contribution in [0.15, 0.2) is 12.2 Å². The van der Waals surface area contributed by atoms with Crippen LogP contribution in [0.25, 0.3) is 0 Å². The predicted molar refractivity (Wildman–Crippen MR) is 301 cm³/mol. The highest BCUT2D eigenvalue weighted by Crippen LogP contribution is 2.26. The van der Waals surface area contributed by atoms with Crippen LogP contribution in [-0.4, -0.2) is 99.6 Å². The zero-order valence-electron chi connectivity index (χ0n) is 47.8. The second-order valence-corrected chi connectivity index (χ2v) is 22.2. The summed E-state index contributed by atoms with van der Waals surface area (Å²) in [6, 6.07) is -1.01. The Kier molecular flexibility index (Phi) is 48.7. The number of carbonyl (C=O) groups excluding carboxylic acids is 2. The molecule has 1 fully saturated rings. The maximum absolute atomic E-state index is 13.4. The number of rotatable bonds is 54. The summed E-state index contributed by atoms with van der Waals surface area (Å²) in [5.74, 6) is -1.18. The molecule has 0 saturated carbocycles. The Hall–Kier alpha value is -1.60. The first-order valence-electron chi connectivity index (χ1n) is 31.5. The lowest BCUT2D eigenvalue weighted by molar-refractivity contribution is -0.305. The second kappa shape index (κ2) is 51.2. The summed E-state index contributed by atoms with van der Waals surface area (Å²) in [5, 5.41) is 56.9. The number of allylic oxidation sites excluding steroid dienone is 1. The van der Waals surface area contributed by atoms with Gasteiger partial charge in [0, 0.05) is 6.42 Å². The Labute approximate surface area is 448 Å². The van der Waals surface area contributed by atoms with E-state index in [1.54, 1.807) is 6.08 Å². The van der Waals surface area contributed by atoms with Crippen molar-refractivity contribution in [3.63, 3.8) is 0 Å². The molecule has 0 bridgehead atoms. The maximum atomic E-state index is 13.4. The molecule has 8 unspecified atom stereocenters. The minimum atomic E-state index is -1.60. The van der Waals surface area contributed by atoms with Gasteiger partial charge >= 0.3 is 5.97 Å². The van der Waals surface area contributed by atoms with E-state index in [-0.39, 0.29) is 13.0 Å². The molecule has 8 atom stereocenters. The van der Waals surface area contributed by atoms with E-state index in [1.807, 2.05) is 6.08 Å². The minimum absolute atomic E-state index is 0.130. The highest BCUT2D eigenvalue weighted by Gasteiger charge is 2.47. The normalized spacial score (nSPS) is 19.4. The highest BCUT2D eigenvalue weighted by molar-refractivity contribution is 5.80. The highest BCUT2D eigenvalue weighted by atomic mass is 16.7. The third-order valence-corrected chi connectivity index (χ3v) is 15.2. The average Bonchev–Trinajstić information content (AvgIpc) is 3.39. The van der Waals surface area contributed by atoms with Crippen molar-refractivity contribution in [3.8, 4) is 0 Å². The van der Waals surface area contributed by atoms with Crippen LogP contribution in [0.5, 0.6) is 0 Å². The van der Waals surface area contributed by atoms with Crippen LogP contribution < -0.4 is 5.32 Å². The third-order valence-electron chi connectivity index (χ3n) is 15.2. The summed E-state index contributed by atoms with van der Waals surface area (Å²) in [4.78, 5) is 26.5. The van der Waals surface area contributed by atoms with Gasteiger partial charge in [-0.2, -0.15) is 0 Å².